The van der Waals surface area contributed by atoms with E-state index in [9.17, 15) is 18.0 Å². The monoisotopic (exact) mass is 445 g/mol. The van der Waals surface area contributed by atoms with Gasteiger partial charge in [0.1, 0.15) is 5.82 Å². The molecule has 1 N–H and O–H groups in total. The summed E-state index contributed by atoms with van der Waals surface area (Å²) >= 11 is 0. The highest BCUT2D eigenvalue weighted by Crippen LogP contribution is 2.30. The van der Waals surface area contributed by atoms with Crippen LogP contribution in [0.2, 0.25) is 0 Å². The molecule has 11 heteroatoms. The van der Waals surface area contributed by atoms with Crippen LogP contribution in [-0.2, 0) is 6.54 Å². The van der Waals surface area contributed by atoms with Crippen molar-refractivity contribution in [1.29, 1.82) is 0 Å². The van der Waals surface area contributed by atoms with E-state index in [4.69, 9.17) is 8.83 Å². The fourth-order valence-electron chi connectivity index (χ4n) is 3.94. The van der Waals surface area contributed by atoms with Crippen molar-refractivity contribution in [1.82, 2.24) is 25.1 Å². The van der Waals surface area contributed by atoms with Crippen molar-refractivity contribution in [3.63, 3.8) is 0 Å². The first kappa shape index (κ1) is 20.4. The van der Waals surface area contributed by atoms with Gasteiger partial charge in [0.25, 0.3) is 5.89 Å². The first-order valence-corrected chi connectivity index (χ1v) is 10.1. The van der Waals surface area contributed by atoms with E-state index in [2.05, 4.69) is 20.5 Å². The van der Waals surface area contributed by atoms with Gasteiger partial charge in [-0.15, -0.1) is 10.2 Å². The Morgan fingerprint density at radius 3 is 2.66 bits per heavy atom. The Labute approximate surface area is 179 Å². The molecular weight excluding hydrogens is 427 g/mol. The number of aromatic nitrogens is 4. The minimum atomic E-state index is -2.86. The van der Waals surface area contributed by atoms with E-state index >= 15 is 0 Å². The number of fused-ring (bicyclic) bond motifs is 1. The molecule has 0 saturated carbocycles. The first-order chi connectivity index (χ1) is 15.5. The van der Waals surface area contributed by atoms with Gasteiger partial charge in [-0.1, -0.05) is 0 Å². The Bertz CT molecular complexity index is 1310. The van der Waals surface area contributed by atoms with Gasteiger partial charge in [-0.25, -0.2) is 9.18 Å². The van der Waals surface area contributed by atoms with E-state index < -0.39 is 18.1 Å². The molecule has 166 valence electrons. The Hall–Kier alpha value is -3.47. The third-order valence-electron chi connectivity index (χ3n) is 5.58. The van der Waals surface area contributed by atoms with Crippen LogP contribution in [0.4, 0.5) is 13.2 Å². The summed E-state index contributed by atoms with van der Waals surface area (Å²) in [6.07, 6.45) is 0.159. The topological polar surface area (TPSA) is 99.0 Å². The van der Waals surface area contributed by atoms with Crippen molar-refractivity contribution < 1.29 is 22.0 Å². The van der Waals surface area contributed by atoms with Crippen LogP contribution in [0.5, 0.6) is 0 Å². The lowest BCUT2D eigenvalue weighted by Gasteiger charge is -2.23. The number of pyridine rings is 1. The van der Waals surface area contributed by atoms with Crippen LogP contribution >= 0.6 is 0 Å². The number of rotatable bonds is 5. The zero-order valence-corrected chi connectivity index (χ0v) is 16.7. The molecule has 4 aromatic rings. The molecule has 5 rings (SSSR count). The number of benzene rings is 1. The fraction of sp³-hybridized carbons (Fsp3) is 0.333. The molecule has 0 amide bonds. The van der Waals surface area contributed by atoms with E-state index in [1.165, 1.54) is 16.8 Å². The highest BCUT2D eigenvalue weighted by atomic mass is 19.3. The fourth-order valence-corrected chi connectivity index (χ4v) is 3.94. The lowest BCUT2D eigenvalue weighted by atomic mass is 9.90. The first-order valence-electron chi connectivity index (χ1n) is 10.1. The predicted molar refractivity (Wildman–Crippen MR) is 107 cm³/mol. The molecule has 0 aliphatic carbocycles. The molecule has 0 spiro atoms. The molecule has 4 heterocycles. The van der Waals surface area contributed by atoms with Gasteiger partial charge in [-0.2, -0.15) is 8.78 Å². The average molecular weight is 445 g/mol. The molecular formula is C21H18F3N5O3. The second-order valence-corrected chi connectivity index (χ2v) is 7.60. The predicted octanol–water partition coefficient (Wildman–Crippen LogP) is 3.63. The SMILES string of the molecule is O=c1oc2cc(C3CCNCC3)c(F)cc2n1Cc1ccc(-c2nnc(C(F)F)o2)cn1. The molecule has 1 aromatic carbocycles. The maximum atomic E-state index is 14.9. The third kappa shape index (κ3) is 3.79. The van der Waals surface area contributed by atoms with Crippen molar-refractivity contribution in [2.45, 2.75) is 31.7 Å². The largest absolute Gasteiger partial charge is 0.420 e. The number of hydrogen-bond acceptors (Lipinski definition) is 7. The number of hydrogen-bond donors (Lipinski definition) is 1. The highest BCUT2D eigenvalue weighted by Gasteiger charge is 2.22. The van der Waals surface area contributed by atoms with Gasteiger partial charge in [0.2, 0.25) is 5.89 Å². The lowest BCUT2D eigenvalue weighted by Crippen LogP contribution is -2.27. The Morgan fingerprint density at radius 2 is 1.97 bits per heavy atom. The summed E-state index contributed by atoms with van der Waals surface area (Å²) in [7, 11) is 0. The summed E-state index contributed by atoms with van der Waals surface area (Å²) in [6, 6.07) is 6.10. The third-order valence-corrected chi connectivity index (χ3v) is 5.58. The van der Waals surface area contributed by atoms with Crippen LogP contribution in [-0.4, -0.2) is 32.8 Å². The molecule has 0 radical (unpaired) electrons. The standard InChI is InChI=1S/C21H18F3N5O3/c22-15-8-16-17(7-14(15)11-3-5-25-6-4-11)31-21(30)29(16)10-13-2-1-12(9-26-13)19-27-28-20(32-19)18(23)24/h1-2,7-9,11,18,25H,3-6,10H2. The van der Waals surface area contributed by atoms with Crippen LogP contribution in [0.1, 0.15) is 42.3 Å². The van der Waals surface area contributed by atoms with E-state index in [1.54, 1.807) is 18.2 Å². The maximum Gasteiger partial charge on any atom is 0.420 e. The van der Waals surface area contributed by atoms with Crippen molar-refractivity contribution in [2.24, 2.45) is 0 Å². The summed E-state index contributed by atoms with van der Waals surface area (Å²) < 4.78 is 51.7. The molecule has 1 aliphatic heterocycles. The number of nitrogens with zero attached hydrogens (tertiary/aromatic N) is 4. The van der Waals surface area contributed by atoms with Gasteiger partial charge in [0, 0.05) is 12.3 Å². The minimum absolute atomic E-state index is 0.0460. The van der Waals surface area contributed by atoms with Crippen LogP contribution < -0.4 is 11.1 Å². The molecule has 1 aliphatic rings. The number of piperidine rings is 1. The summed E-state index contributed by atoms with van der Waals surface area (Å²) in [6.45, 7) is 1.69. The molecule has 8 nitrogen and oxygen atoms in total. The highest BCUT2D eigenvalue weighted by molar-refractivity contribution is 5.74. The van der Waals surface area contributed by atoms with Gasteiger partial charge < -0.3 is 14.2 Å². The quantitative estimate of drug-likeness (QED) is 0.501. The van der Waals surface area contributed by atoms with Crippen molar-refractivity contribution in [3.05, 3.63) is 64.0 Å². The minimum Gasteiger partial charge on any atom is -0.415 e. The summed E-state index contributed by atoms with van der Waals surface area (Å²) in [5.74, 6) is -1.76. The van der Waals surface area contributed by atoms with Gasteiger partial charge in [-0.3, -0.25) is 9.55 Å². The molecule has 1 saturated heterocycles. The molecule has 3 aromatic heterocycles. The van der Waals surface area contributed by atoms with Crippen LogP contribution in [0.15, 0.2) is 44.1 Å². The molecule has 32 heavy (non-hydrogen) atoms. The lowest BCUT2D eigenvalue weighted by molar-refractivity contribution is 0.116. The Morgan fingerprint density at radius 1 is 1.16 bits per heavy atom. The van der Waals surface area contributed by atoms with Gasteiger partial charge in [0.05, 0.1) is 23.3 Å². The zero-order chi connectivity index (χ0) is 22.2. The van der Waals surface area contributed by atoms with Gasteiger partial charge in [-0.05, 0) is 55.6 Å². The Balaban J connectivity index is 1.41. The van der Waals surface area contributed by atoms with E-state index in [0.29, 0.717) is 27.9 Å². The maximum absolute atomic E-state index is 14.9. The Kier molecular flexibility index (Phi) is 5.25. The van der Waals surface area contributed by atoms with E-state index in [1.807, 2.05) is 0 Å². The van der Waals surface area contributed by atoms with Crippen LogP contribution in [0.25, 0.3) is 22.6 Å². The normalized spacial score (nSPS) is 15.1. The summed E-state index contributed by atoms with van der Waals surface area (Å²) in [5, 5.41) is 10.1. The zero-order valence-electron chi connectivity index (χ0n) is 16.7. The van der Waals surface area contributed by atoms with Crippen molar-refractivity contribution >= 4 is 11.1 Å². The number of halogens is 3. The number of alkyl halides is 2. The average Bonchev–Trinajstić information content (AvgIpc) is 3.40. The molecule has 1 fully saturated rings. The summed E-state index contributed by atoms with van der Waals surface area (Å²) in [5.41, 5.74) is 2.07. The van der Waals surface area contributed by atoms with Crippen molar-refractivity contribution in [3.8, 4) is 11.5 Å². The smallest absolute Gasteiger partial charge is 0.415 e. The molecule has 0 unspecified atom stereocenters. The second-order valence-electron chi connectivity index (χ2n) is 7.60. The van der Waals surface area contributed by atoms with Crippen molar-refractivity contribution in [2.75, 3.05) is 13.1 Å². The molecule has 0 bridgehead atoms. The summed E-state index contributed by atoms with van der Waals surface area (Å²) in [4.78, 5) is 16.7. The van der Waals surface area contributed by atoms with E-state index in [-0.39, 0.29) is 24.2 Å². The van der Waals surface area contributed by atoms with Crippen LogP contribution in [0.3, 0.4) is 0 Å². The number of oxazole rings is 1. The van der Waals surface area contributed by atoms with Gasteiger partial charge in [0.15, 0.2) is 5.58 Å². The molecule has 0 atom stereocenters. The second kappa shape index (κ2) is 8.23. The van der Waals surface area contributed by atoms with E-state index in [0.717, 1.165) is 25.9 Å². The van der Waals surface area contributed by atoms with Gasteiger partial charge >= 0.3 is 12.2 Å². The number of nitrogens with one attached hydrogen (secondary N) is 1. The van der Waals surface area contributed by atoms with Crippen LogP contribution in [0, 0.1) is 5.82 Å².